The van der Waals surface area contributed by atoms with Crippen molar-refractivity contribution in [3.8, 4) is 28.3 Å². The summed E-state index contributed by atoms with van der Waals surface area (Å²) in [5, 5.41) is 0. The zero-order valence-corrected chi connectivity index (χ0v) is 17.8. The van der Waals surface area contributed by atoms with Crippen molar-refractivity contribution in [1.29, 1.82) is 0 Å². The Morgan fingerprint density at radius 2 is 1.65 bits per heavy atom. The van der Waals surface area contributed by atoms with E-state index in [-0.39, 0.29) is 10.6 Å². The summed E-state index contributed by atoms with van der Waals surface area (Å²) in [6.45, 7) is 0. The molecule has 3 aromatic carbocycles. The van der Waals surface area contributed by atoms with Gasteiger partial charge >= 0.3 is 0 Å². The first kappa shape index (κ1) is 20.8. The van der Waals surface area contributed by atoms with E-state index >= 15 is 0 Å². The number of methoxy groups -OCH3 is 1. The van der Waals surface area contributed by atoms with Gasteiger partial charge in [-0.25, -0.2) is 17.8 Å². The van der Waals surface area contributed by atoms with Gasteiger partial charge in [0.05, 0.1) is 12.0 Å². The Kier molecular flexibility index (Phi) is 5.61. The largest absolute Gasteiger partial charge is 0.494 e. The lowest BCUT2D eigenvalue weighted by Crippen LogP contribution is -1.96. The van der Waals surface area contributed by atoms with E-state index in [1.807, 2.05) is 30.3 Å². The molecular formula is C24H20FNO4S. The Morgan fingerprint density at radius 3 is 2.26 bits per heavy atom. The van der Waals surface area contributed by atoms with Crippen LogP contribution in [0.2, 0.25) is 0 Å². The maximum atomic E-state index is 14.4. The molecule has 0 aliphatic carbocycles. The second-order valence-electron chi connectivity index (χ2n) is 7.09. The molecule has 0 amide bonds. The second kappa shape index (κ2) is 8.35. The third kappa shape index (κ3) is 4.51. The number of halogens is 1. The van der Waals surface area contributed by atoms with Crippen molar-refractivity contribution in [2.45, 2.75) is 11.3 Å². The number of sulfone groups is 1. The summed E-state index contributed by atoms with van der Waals surface area (Å²) >= 11 is 0. The van der Waals surface area contributed by atoms with Crippen LogP contribution >= 0.6 is 0 Å². The summed E-state index contributed by atoms with van der Waals surface area (Å²) in [5.41, 5.74) is 2.71. The van der Waals surface area contributed by atoms with Crippen LogP contribution in [0.25, 0.3) is 22.6 Å². The van der Waals surface area contributed by atoms with Gasteiger partial charge in [-0.1, -0.05) is 42.5 Å². The average molecular weight is 437 g/mol. The van der Waals surface area contributed by atoms with E-state index in [9.17, 15) is 12.8 Å². The minimum absolute atomic E-state index is 0.131. The van der Waals surface area contributed by atoms with Crippen molar-refractivity contribution in [2.24, 2.45) is 0 Å². The molecule has 0 bridgehead atoms. The maximum absolute atomic E-state index is 14.4. The van der Waals surface area contributed by atoms with Gasteiger partial charge in [-0.2, -0.15) is 0 Å². The highest BCUT2D eigenvalue weighted by atomic mass is 32.2. The fraction of sp³-hybridized carbons (Fsp3) is 0.125. The molecule has 0 N–H and O–H groups in total. The molecule has 0 aliphatic rings. The Labute approximate surface area is 180 Å². The predicted molar refractivity (Wildman–Crippen MR) is 116 cm³/mol. The van der Waals surface area contributed by atoms with E-state index in [1.165, 1.54) is 31.4 Å². The molecule has 0 saturated carbocycles. The van der Waals surface area contributed by atoms with Crippen molar-refractivity contribution >= 4 is 9.84 Å². The Balaban J connectivity index is 1.81. The lowest BCUT2D eigenvalue weighted by molar-refractivity contribution is 0.386. The lowest BCUT2D eigenvalue weighted by atomic mass is 10.1. The van der Waals surface area contributed by atoms with E-state index in [2.05, 4.69) is 4.98 Å². The van der Waals surface area contributed by atoms with E-state index in [4.69, 9.17) is 9.15 Å². The van der Waals surface area contributed by atoms with Gasteiger partial charge in [0.15, 0.2) is 33.1 Å². The number of hydrogen-bond donors (Lipinski definition) is 0. The number of benzene rings is 3. The summed E-state index contributed by atoms with van der Waals surface area (Å²) in [6, 6.07) is 20.7. The number of hydrogen-bond acceptors (Lipinski definition) is 5. The summed E-state index contributed by atoms with van der Waals surface area (Å²) in [7, 11) is -1.92. The van der Waals surface area contributed by atoms with E-state index < -0.39 is 15.7 Å². The summed E-state index contributed by atoms with van der Waals surface area (Å²) in [6.07, 6.45) is 1.62. The van der Waals surface area contributed by atoms with Crippen LogP contribution in [0.5, 0.6) is 5.75 Å². The SMILES string of the molecule is COc1ccc(-c2oc(Cc3ccccc3)nc2-c2ccc(S(C)(=O)=O)cc2)cc1F. The molecule has 158 valence electrons. The second-order valence-corrected chi connectivity index (χ2v) is 9.11. The molecule has 0 atom stereocenters. The molecule has 0 unspecified atom stereocenters. The van der Waals surface area contributed by atoms with Gasteiger partial charge in [-0.05, 0) is 35.9 Å². The van der Waals surface area contributed by atoms with Gasteiger partial charge in [0.1, 0.15) is 5.69 Å². The fourth-order valence-corrected chi connectivity index (χ4v) is 3.90. The maximum Gasteiger partial charge on any atom is 0.199 e. The van der Waals surface area contributed by atoms with Crippen molar-refractivity contribution in [3.63, 3.8) is 0 Å². The molecule has 0 fully saturated rings. The molecule has 4 rings (SSSR count). The van der Waals surface area contributed by atoms with Crippen molar-refractivity contribution in [3.05, 3.63) is 90.1 Å². The summed E-state index contributed by atoms with van der Waals surface area (Å²) in [4.78, 5) is 4.86. The molecule has 1 heterocycles. The van der Waals surface area contributed by atoms with E-state index in [1.54, 1.807) is 18.2 Å². The molecule has 7 heteroatoms. The lowest BCUT2D eigenvalue weighted by Gasteiger charge is -2.06. The third-order valence-electron chi connectivity index (χ3n) is 4.84. The van der Waals surface area contributed by atoms with Crippen LogP contribution < -0.4 is 4.74 Å². The average Bonchev–Trinajstić information content (AvgIpc) is 3.17. The highest BCUT2D eigenvalue weighted by Gasteiger charge is 2.19. The van der Waals surface area contributed by atoms with Crippen LogP contribution in [0.15, 0.2) is 82.1 Å². The molecule has 0 saturated heterocycles. The van der Waals surface area contributed by atoms with Crippen molar-refractivity contribution < 1.29 is 22.0 Å². The smallest absolute Gasteiger partial charge is 0.199 e. The van der Waals surface area contributed by atoms with Crippen molar-refractivity contribution in [1.82, 2.24) is 4.98 Å². The zero-order chi connectivity index (χ0) is 22.0. The first-order valence-corrected chi connectivity index (χ1v) is 11.4. The van der Waals surface area contributed by atoms with Gasteiger partial charge in [-0.3, -0.25) is 0 Å². The quantitative estimate of drug-likeness (QED) is 0.417. The number of rotatable bonds is 6. The molecule has 0 spiro atoms. The van der Waals surface area contributed by atoms with Crippen LogP contribution in [0.1, 0.15) is 11.5 Å². The van der Waals surface area contributed by atoms with Gasteiger partial charge in [-0.15, -0.1) is 0 Å². The Bertz CT molecular complexity index is 1310. The van der Waals surface area contributed by atoms with Crippen LogP contribution in [0.4, 0.5) is 4.39 Å². The summed E-state index contributed by atoms with van der Waals surface area (Å²) in [5.74, 6) is 0.491. The van der Waals surface area contributed by atoms with Gasteiger partial charge in [0.25, 0.3) is 0 Å². The van der Waals surface area contributed by atoms with Crippen LogP contribution in [-0.4, -0.2) is 26.8 Å². The van der Waals surface area contributed by atoms with Crippen LogP contribution in [0, 0.1) is 5.82 Å². The molecular weight excluding hydrogens is 417 g/mol. The van der Waals surface area contributed by atoms with Crippen LogP contribution in [-0.2, 0) is 16.3 Å². The minimum atomic E-state index is -3.32. The first-order chi connectivity index (χ1) is 14.8. The molecule has 0 aliphatic heterocycles. The highest BCUT2D eigenvalue weighted by molar-refractivity contribution is 7.90. The van der Waals surface area contributed by atoms with Gasteiger partial charge < -0.3 is 9.15 Å². The fourth-order valence-electron chi connectivity index (χ4n) is 3.27. The molecule has 31 heavy (non-hydrogen) atoms. The predicted octanol–water partition coefficient (Wildman–Crippen LogP) is 5.15. The number of nitrogens with zero attached hydrogens (tertiary/aromatic N) is 1. The normalized spacial score (nSPS) is 11.5. The molecule has 1 aromatic heterocycles. The molecule has 0 radical (unpaired) electrons. The van der Waals surface area contributed by atoms with Crippen molar-refractivity contribution in [2.75, 3.05) is 13.4 Å². The van der Waals surface area contributed by atoms with Gasteiger partial charge in [0, 0.05) is 23.8 Å². The zero-order valence-electron chi connectivity index (χ0n) is 17.0. The molecule has 4 aromatic rings. The Morgan fingerprint density at radius 1 is 0.968 bits per heavy atom. The number of oxazole rings is 1. The summed E-state index contributed by atoms with van der Waals surface area (Å²) < 4.78 is 49.0. The van der Waals surface area contributed by atoms with Crippen LogP contribution in [0.3, 0.4) is 0 Å². The van der Waals surface area contributed by atoms with E-state index in [0.29, 0.717) is 34.9 Å². The standard InChI is InChI=1S/C24H20FNO4S/c1-29-21-13-10-18(15-20(21)25)24-23(17-8-11-19(12-9-17)31(2,27)28)26-22(30-24)14-16-6-4-3-5-7-16/h3-13,15H,14H2,1-2H3. The van der Waals surface area contributed by atoms with Gasteiger partial charge in [0.2, 0.25) is 0 Å². The number of ether oxygens (including phenoxy) is 1. The Hall–Kier alpha value is -3.45. The monoisotopic (exact) mass is 437 g/mol. The first-order valence-electron chi connectivity index (χ1n) is 9.53. The highest BCUT2D eigenvalue weighted by Crippen LogP contribution is 2.35. The third-order valence-corrected chi connectivity index (χ3v) is 5.97. The minimum Gasteiger partial charge on any atom is -0.494 e. The topological polar surface area (TPSA) is 69.4 Å². The van der Waals surface area contributed by atoms with E-state index in [0.717, 1.165) is 11.8 Å². The number of aromatic nitrogens is 1. The molecule has 5 nitrogen and oxygen atoms in total.